The smallest absolute Gasteiger partial charge is 0.323 e. The van der Waals surface area contributed by atoms with Crippen molar-refractivity contribution in [3.8, 4) is 0 Å². The van der Waals surface area contributed by atoms with Crippen molar-refractivity contribution in [3.63, 3.8) is 0 Å². The summed E-state index contributed by atoms with van der Waals surface area (Å²) in [6.45, 7) is 0. The minimum absolute atomic E-state index is 0.368. The first-order valence-electron chi connectivity index (χ1n) is 4.08. The highest BCUT2D eigenvalue weighted by Gasteiger charge is 2.59. The zero-order chi connectivity index (χ0) is 12.4. The molecule has 0 aliphatic carbocycles. The number of halogens is 5. The molecule has 0 aliphatic heterocycles. The van der Waals surface area contributed by atoms with Crippen LogP contribution >= 0.6 is 0 Å². The number of hydrogen-bond acceptors (Lipinski definition) is 2. The highest BCUT2D eigenvalue weighted by molar-refractivity contribution is 5.81. The fourth-order valence-electron chi connectivity index (χ4n) is 1.13. The number of nitrogens with zero attached hydrogens (tertiary/aromatic N) is 1. The summed E-state index contributed by atoms with van der Waals surface area (Å²) in [6, 6.07) is 4.16. The van der Waals surface area contributed by atoms with Gasteiger partial charge in [-0.3, -0.25) is 0 Å². The van der Waals surface area contributed by atoms with Gasteiger partial charge in [0, 0.05) is 11.1 Å². The van der Waals surface area contributed by atoms with Crippen LogP contribution in [0.5, 0.6) is 0 Å². The fraction of sp³-hybridized carbons (Fsp3) is 0.222. The Bertz CT molecular complexity index is 397. The maximum Gasteiger partial charge on any atom is 0.458 e. The molecule has 0 unspecified atom stereocenters. The van der Waals surface area contributed by atoms with Crippen LogP contribution in [0, 0.1) is 0 Å². The molecule has 0 fully saturated rings. The normalized spacial score (nSPS) is 13.3. The molecule has 1 aromatic carbocycles. The molecule has 2 nitrogen and oxygen atoms in total. The Balaban J connectivity index is 3.32. The number of benzene rings is 1. The lowest BCUT2D eigenvalue weighted by atomic mass is 10.0. The Morgan fingerprint density at radius 2 is 1.62 bits per heavy atom. The standard InChI is InChI=1S/C9H7F5N2/c10-8(11,9(12,13)14)7-4-2-1-3-6(7)5-16-15/h1-5H,15H2. The molecule has 0 spiro atoms. The van der Waals surface area contributed by atoms with Crippen molar-refractivity contribution in [1.82, 2.24) is 0 Å². The van der Waals surface area contributed by atoms with Gasteiger partial charge in [-0.2, -0.15) is 27.1 Å². The van der Waals surface area contributed by atoms with Crippen LogP contribution in [0.4, 0.5) is 22.0 Å². The fourth-order valence-corrected chi connectivity index (χ4v) is 1.13. The van der Waals surface area contributed by atoms with Gasteiger partial charge < -0.3 is 5.84 Å². The van der Waals surface area contributed by atoms with Gasteiger partial charge in [0.05, 0.1) is 6.21 Å². The largest absolute Gasteiger partial charge is 0.458 e. The zero-order valence-corrected chi connectivity index (χ0v) is 7.80. The van der Waals surface area contributed by atoms with Crippen molar-refractivity contribution in [2.24, 2.45) is 10.9 Å². The molecule has 2 N–H and O–H groups in total. The van der Waals surface area contributed by atoms with E-state index in [9.17, 15) is 22.0 Å². The number of hydrogen-bond donors (Lipinski definition) is 1. The van der Waals surface area contributed by atoms with Crippen molar-refractivity contribution in [3.05, 3.63) is 35.4 Å². The summed E-state index contributed by atoms with van der Waals surface area (Å²) in [5.74, 6) is -0.201. The third-order valence-electron chi connectivity index (χ3n) is 1.87. The Hall–Kier alpha value is -1.66. The molecule has 0 heterocycles. The first-order chi connectivity index (χ1) is 7.30. The van der Waals surface area contributed by atoms with E-state index in [1.165, 1.54) is 6.07 Å². The molecular formula is C9H7F5N2. The molecule has 1 aromatic rings. The van der Waals surface area contributed by atoms with Crippen LogP contribution in [0.15, 0.2) is 29.4 Å². The van der Waals surface area contributed by atoms with E-state index in [-0.39, 0.29) is 5.56 Å². The quantitative estimate of drug-likeness (QED) is 0.366. The first-order valence-corrected chi connectivity index (χ1v) is 4.08. The lowest BCUT2D eigenvalue weighted by Gasteiger charge is -2.21. The summed E-state index contributed by atoms with van der Waals surface area (Å²) in [6.07, 6.45) is -4.90. The second-order valence-electron chi connectivity index (χ2n) is 2.94. The summed E-state index contributed by atoms with van der Waals surface area (Å²) >= 11 is 0. The van der Waals surface area contributed by atoms with Crippen LogP contribution < -0.4 is 5.84 Å². The van der Waals surface area contributed by atoms with Gasteiger partial charge in [0.25, 0.3) is 0 Å². The molecule has 7 heteroatoms. The monoisotopic (exact) mass is 238 g/mol. The molecule has 88 valence electrons. The summed E-state index contributed by atoms with van der Waals surface area (Å²) in [4.78, 5) is 0. The van der Waals surface area contributed by atoms with Gasteiger partial charge in [0.1, 0.15) is 0 Å². The van der Waals surface area contributed by atoms with E-state index in [1.54, 1.807) is 0 Å². The Morgan fingerprint density at radius 1 is 1.06 bits per heavy atom. The lowest BCUT2D eigenvalue weighted by Crippen LogP contribution is -2.34. The van der Waals surface area contributed by atoms with E-state index >= 15 is 0 Å². The number of alkyl halides is 5. The predicted octanol–water partition coefficient (Wildman–Crippen LogP) is 2.63. The van der Waals surface area contributed by atoms with Gasteiger partial charge >= 0.3 is 12.1 Å². The second-order valence-corrected chi connectivity index (χ2v) is 2.94. The van der Waals surface area contributed by atoms with Crippen molar-refractivity contribution in [1.29, 1.82) is 0 Å². The topological polar surface area (TPSA) is 38.4 Å². The van der Waals surface area contributed by atoms with Gasteiger partial charge in [-0.05, 0) is 0 Å². The second kappa shape index (κ2) is 4.07. The number of rotatable bonds is 2. The van der Waals surface area contributed by atoms with Gasteiger partial charge in [0.2, 0.25) is 0 Å². The zero-order valence-electron chi connectivity index (χ0n) is 7.80. The van der Waals surface area contributed by atoms with Crippen LogP contribution in [0.2, 0.25) is 0 Å². The minimum atomic E-state index is -5.65. The predicted molar refractivity (Wildman–Crippen MR) is 48.2 cm³/mol. The van der Waals surface area contributed by atoms with E-state index in [0.717, 1.165) is 18.3 Å². The van der Waals surface area contributed by atoms with E-state index in [1.807, 2.05) is 0 Å². The maximum atomic E-state index is 13.0. The molecule has 1 rings (SSSR count). The molecular weight excluding hydrogens is 231 g/mol. The molecule has 0 radical (unpaired) electrons. The molecule has 16 heavy (non-hydrogen) atoms. The Morgan fingerprint density at radius 3 is 2.12 bits per heavy atom. The van der Waals surface area contributed by atoms with Gasteiger partial charge in [-0.15, -0.1) is 0 Å². The summed E-state index contributed by atoms with van der Waals surface area (Å²) in [7, 11) is 0. The van der Waals surface area contributed by atoms with Crippen molar-refractivity contribution in [2.75, 3.05) is 0 Å². The molecule has 0 aromatic heterocycles. The van der Waals surface area contributed by atoms with Gasteiger partial charge in [-0.1, -0.05) is 24.3 Å². The minimum Gasteiger partial charge on any atom is -0.323 e. The highest BCUT2D eigenvalue weighted by Crippen LogP contribution is 2.44. The third kappa shape index (κ3) is 2.12. The third-order valence-corrected chi connectivity index (χ3v) is 1.87. The molecule has 0 atom stereocenters. The van der Waals surface area contributed by atoms with Crippen molar-refractivity contribution < 1.29 is 22.0 Å². The number of hydrazone groups is 1. The summed E-state index contributed by atoms with van der Waals surface area (Å²) in [5, 5.41) is 2.94. The summed E-state index contributed by atoms with van der Waals surface area (Å²) in [5.41, 5.74) is -1.54. The molecule has 0 bridgehead atoms. The average Bonchev–Trinajstić information content (AvgIpc) is 2.17. The van der Waals surface area contributed by atoms with Crippen LogP contribution in [0.1, 0.15) is 11.1 Å². The SMILES string of the molecule is NN=Cc1ccccc1C(F)(F)C(F)(F)F. The highest BCUT2D eigenvalue weighted by atomic mass is 19.4. The van der Waals surface area contributed by atoms with Gasteiger partial charge in [0.15, 0.2) is 0 Å². The Kier molecular flexibility index (Phi) is 3.16. The van der Waals surface area contributed by atoms with E-state index < -0.39 is 17.7 Å². The molecule has 0 saturated carbocycles. The van der Waals surface area contributed by atoms with Crippen LogP contribution in [-0.4, -0.2) is 12.4 Å². The first kappa shape index (κ1) is 12.4. The van der Waals surface area contributed by atoms with Crippen molar-refractivity contribution >= 4 is 6.21 Å². The molecule has 0 saturated heterocycles. The average molecular weight is 238 g/mol. The summed E-state index contributed by atoms with van der Waals surface area (Å²) < 4.78 is 62.4. The van der Waals surface area contributed by atoms with Gasteiger partial charge in [-0.25, -0.2) is 0 Å². The van der Waals surface area contributed by atoms with Crippen LogP contribution in [0.3, 0.4) is 0 Å². The number of nitrogens with two attached hydrogens (primary N) is 1. The maximum absolute atomic E-state index is 13.0. The molecule has 0 amide bonds. The van der Waals surface area contributed by atoms with Crippen LogP contribution in [0.25, 0.3) is 0 Å². The lowest BCUT2D eigenvalue weighted by molar-refractivity contribution is -0.289. The van der Waals surface area contributed by atoms with E-state index in [0.29, 0.717) is 6.07 Å². The molecule has 0 aliphatic rings. The Labute approximate surface area is 87.6 Å². The van der Waals surface area contributed by atoms with Crippen LogP contribution in [-0.2, 0) is 5.92 Å². The van der Waals surface area contributed by atoms with Crippen molar-refractivity contribution in [2.45, 2.75) is 12.1 Å². The van der Waals surface area contributed by atoms with E-state index in [4.69, 9.17) is 5.84 Å². The van der Waals surface area contributed by atoms with E-state index in [2.05, 4.69) is 5.10 Å².